The van der Waals surface area contributed by atoms with Gasteiger partial charge >= 0.3 is 0 Å². The van der Waals surface area contributed by atoms with Crippen LogP contribution in [0.5, 0.6) is 5.75 Å². The lowest BCUT2D eigenvalue weighted by atomic mass is 10.2. The van der Waals surface area contributed by atoms with E-state index in [0.29, 0.717) is 27.4 Å². The van der Waals surface area contributed by atoms with Crippen molar-refractivity contribution in [3.63, 3.8) is 0 Å². The molecule has 0 spiro atoms. The summed E-state index contributed by atoms with van der Waals surface area (Å²) in [5.74, 6) is 0.561. The van der Waals surface area contributed by atoms with Crippen LogP contribution in [0.3, 0.4) is 0 Å². The maximum atomic E-state index is 10.7. The highest BCUT2D eigenvalue weighted by atomic mass is 79.9. The second-order valence-corrected chi connectivity index (χ2v) is 4.06. The van der Waals surface area contributed by atoms with Gasteiger partial charge in [-0.2, -0.15) is 0 Å². The molecule has 0 aliphatic carbocycles. The Bertz CT molecular complexity index is 339. The first-order valence-electron chi connectivity index (χ1n) is 4.26. The molecule has 0 radical (unpaired) electrons. The van der Waals surface area contributed by atoms with E-state index in [9.17, 15) is 4.79 Å². The van der Waals surface area contributed by atoms with Crippen molar-refractivity contribution in [2.75, 3.05) is 6.61 Å². The first-order valence-corrected chi connectivity index (χ1v) is 5.43. The number of carbonyl (C=O) groups excluding carboxylic acids is 1. The van der Waals surface area contributed by atoms with Gasteiger partial charge in [0.15, 0.2) is 6.29 Å². The van der Waals surface area contributed by atoms with E-state index in [1.165, 1.54) is 0 Å². The standard InChI is InChI=1S/C10H10BrClO2/c1-2-3-14-10-7(6-13)4-8(12)5-9(10)11/h4-6H,2-3H2,1H3. The van der Waals surface area contributed by atoms with Crippen LogP contribution in [-0.4, -0.2) is 12.9 Å². The van der Waals surface area contributed by atoms with Crippen molar-refractivity contribution in [2.45, 2.75) is 13.3 Å². The minimum Gasteiger partial charge on any atom is -0.492 e. The van der Waals surface area contributed by atoms with Gasteiger partial charge in [-0.25, -0.2) is 0 Å². The van der Waals surface area contributed by atoms with Gasteiger partial charge in [-0.05, 0) is 34.5 Å². The smallest absolute Gasteiger partial charge is 0.153 e. The van der Waals surface area contributed by atoms with E-state index in [4.69, 9.17) is 16.3 Å². The molecule has 1 rings (SSSR count). The molecule has 0 atom stereocenters. The third-order valence-corrected chi connectivity index (χ3v) is 2.42. The number of ether oxygens (including phenoxy) is 1. The SMILES string of the molecule is CCCOc1c(Br)cc(Cl)cc1C=O. The van der Waals surface area contributed by atoms with Crippen molar-refractivity contribution in [3.05, 3.63) is 27.2 Å². The van der Waals surface area contributed by atoms with Gasteiger partial charge in [-0.15, -0.1) is 0 Å². The van der Waals surface area contributed by atoms with Crippen molar-refractivity contribution < 1.29 is 9.53 Å². The molecule has 2 nitrogen and oxygen atoms in total. The topological polar surface area (TPSA) is 26.3 Å². The number of hydrogen-bond acceptors (Lipinski definition) is 2. The molecule has 76 valence electrons. The normalized spacial score (nSPS) is 9.93. The number of benzene rings is 1. The lowest BCUT2D eigenvalue weighted by Crippen LogP contribution is -1.99. The quantitative estimate of drug-likeness (QED) is 0.784. The summed E-state index contributed by atoms with van der Waals surface area (Å²) in [5, 5.41) is 0.517. The van der Waals surface area contributed by atoms with Crippen molar-refractivity contribution >= 4 is 33.8 Å². The first-order chi connectivity index (χ1) is 6.69. The van der Waals surface area contributed by atoms with Crippen LogP contribution >= 0.6 is 27.5 Å². The molecule has 0 bridgehead atoms. The molecule has 4 heteroatoms. The third-order valence-electron chi connectivity index (χ3n) is 1.61. The number of hydrogen-bond donors (Lipinski definition) is 0. The highest BCUT2D eigenvalue weighted by Gasteiger charge is 2.09. The van der Waals surface area contributed by atoms with E-state index in [1.54, 1.807) is 12.1 Å². The Morgan fingerprint density at radius 1 is 1.57 bits per heavy atom. The van der Waals surface area contributed by atoms with Crippen LogP contribution in [0.15, 0.2) is 16.6 Å². The summed E-state index contributed by atoms with van der Waals surface area (Å²) in [5.41, 5.74) is 0.470. The number of rotatable bonds is 4. The Kier molecular flexibility index (Phi) is 4.42. The third kappa shape index (κ3) is 2.72. The summed E-state index contributed by atoms with van der Waals surface area (Å²) in [6.45, 7) is 2.59. The molecule has 0 unspecified atom stereocenters. The zero-order valence-corrected chi connectivity index (χ0v) is 10.1. The molecule has 0 amide bonds. The molecule has 0 aliphatic rings. The highest BCUT2D eigenvalue weighted by molar-refractivity contribution is 9.10. The molecule has 0 saturated carbocycles. The van der Waals surface area contributed by atoms with E-state index in [1.807, 2.05) is 6.92 Å². The van der Waals surface area contributed by atoms with Crippen LogP contribution < -0.4 is 4.74 Å². The molecule has 1 aromatic rings. The molecule has 0 N–H and O–H groups in total. The van der Waals surface area contributed by atoms with E-state index in [2.05, 4.69) is 15.9 Å². The van der Waals surface area contributed by atoms with Crippen LogP contribution in [0.2, 0.25) is 5.02 Å². The summed E-state index contributed by atoms with van der Waals surface area (Å²) < 4.78 is 6.14. The van der Waals surface area contributed by atoms with Gasteiger partial charge in [-0.1, -0.05) is 18.5 Å². The van der Waals surface area contributed by atoms with Gasteiger partial charge in [0.1, 0.15) is 5.75 Å². The van der Waals surface area contributed by atoms with Crippen molar-refractivity contribution in [3.8, 4) is 5.75 Å². The average molecular weight is 278 g/mol. The van der Waals surface area contributed by atoms with Crippen molar-refractivity contribution in [1.29, 1.82) is 0 Å². The van der Waals surface area contributed by atoms with Crippen molar-refractivity contribution in [1.82, 2.24) is 0 Å². The van der Waals surface area contributed by atoms with Gasteiger partial charge in [0.2, 0.25) is 0 Å². The second-order valence-electron chi connectivity index (χ2n) is 2.77. The molecule has 0 heterocycles. The maximum absolute atomic E-state index is 10.7. The molecular formula is C10H10BrClO2. The largest absolute Gasteiger partial charge is 0.492 e. The maximum Gasteiger partial charge on any atom is 0.153 e. The van der Waals surface area contributed by atoms with Crippen LogP contribution in [0.1, 0.15) is 23.7 Å². The molecule has 0 fully saturated rings. The molecule has 0 aliphatic heterocycles. The average Bonchev–Trinajstić information content (AvgIpc) is 2.15. The predicted octanol–water partition coefficient (Wildman–Crippen LogP) is 3.70. The van der Waals surface area contributed by atoms with E-state index >= 15 is 0 Å². The zero-order chi connectivity index (χ0) is 10.6. The number of aldehydes is 1. The molecule has 0 saturated heterocycles. The Morgan fingerprint density at radius 3 is 2.86 bits per heavy atom. The highest BCUT2D eigenvalue weighted by Crippen LogP contribution is 2.31. The second kappa shape index (κ2) is 5.37. The van der Waals surface area contributed by atoms with Gasteiger partial charge in [-0.3, -0.25) is 4.79 Å². The molecule has 14 heavy (non-hydrogen) atoms. The van der Waals surface area contributed by atoms with E-state index < -0.39 is 0 Å². The van der Waals surface area contributed by atoms with Crippen LogP contribution in [0.4, 0.5) is 0 Å². The fourth-order valence-corrected chi connectivity index (χ4v) is 1.97. The summed E-state index contributed by atoms with van der Waals surface area (Å²) in [7, 11) is 0. The molecule has 1 aromatic carbocycles. The van der Waals surface area contributed by atoms with Gasteiger partial charge in [0.05, 0.1) is 16.6 Å². The summed E-state index contributed by atoms with van der Waals surface area (Å²) in [4.78, 5) is 10.7. The fourth-order valence-electron chi connectivity index (χ4n) is 1.02. The number of halogens is 2. The van der Waals surface area contributed by atoms with Gasteiger partial charge in [0.25, 0.3) is 0 Å². The van der Waals surface area contributed by atoms with Crippen molar-refractivity contribution in [2.24, 2.45) is 0 Å². The molecule has 0 aromatic heterocycles. The Morgan fingerprint density at radius 2 is 2.29 bits per heavy atom. The monoisotopic (exact) mass is 276 g/mol. The van der Waals surface area contributed by atoms with Crippen LogP contribution in [0, 0.1) is 0 Å². The zero-order valence-electron chi connectivity index (χ0n) is 7.72. The minimum absolute atomic E-state index is 0.470. The summed E-state index contributed by atoms with van der Waals surface area (Å²) in [6.07, 6.45) is 1.63. The van der Waals surface area contributed by atoms with E-state index in [0.717, 1.165) is 12.7 Å². The van der Waals surface area contributed by atoms with Gasteiger partial charge in [0, 0.05) is 5.02 Å². The minimum atomic E-state index is 0.470. The van der Waals surface area contributed by atoms with Crippen LogP contribution in [-0.2, 0) is 0 Å². The Balaban J connectivity index is 3.05. The first kappa shape index (κ1) is 11.5. The lowest BCUT2D eigenvalue weighted by molar-refractivity contribution is 0.111. The summed E-state index contributed by atoms with van der Waals surface area (Å²) in [6, 6.07) is 3.30. The summed E-state index contributed by atoms with van der Waals surface area (Å²) >= 11 is 9.09. The number of carbonyl (C=O) groups is 1. The van der Waals surface area contributed by atoms with Crippen LogP contribution in [0.25, 0.3) is 0 Å². The van der Waals surface area contributed by atoms with Gasteiger partial charge < -0.3 is 4.74 Å². The fraction of sp³-hybridized carbons (Fsp3) is 0.300. The lowest BCUT2D eigenvalue weighted by Gasteiger charge is -2.09. The Labute approximate surface area is 96.3 Å². The predicted molar refractivity (Wildman–Crippen MR) is 60.3 cm³/mol. The van der Waals surface area contributed by atoms with E-state index in [-0.39, 0.29) is 0 Å². The molecular weight excluding hydrogens is 267 g/mol. The Hall–Kier alpha value is -0.540.